The molecule has 1 aliphatic heterocycles. The van der Waals surface area contributed by atoms with Gasteiger partial charge in [0.15, 0.2) is 0 Å². The van der Waals surface area contributed by atoms with E-state index in [0.29, 0.717) is 24.9 Å². The fourth-order valence-electron chi connectivity index (χ4n) is 1.80. The number of carbonyl (C=O) groups is 1. The molecule has 0 spiro atoms. The van der Waals surface area contributed by atoms with E-state index in [1.54, 1.807) is 0 Å². The van der Waals surface area contributed by atoms with Crippen molar-refractivity contribution in [2.75, 3.05) is 6.54 Å². The molecule has 1 aromatic heterocycles. The lowest BCUT2D eigenvalue weighted by Gasteiger charge is -2.22. The standard InChI is InChI=1S/C11H17N3O/c1-8(2)9-5-13-14(7-9)10-3-4-11(15)12-6-10/h5,7-8,10H,3-4,6H2,1-2H3,(H,12,15)/t10-/m1/s1. The number of nitrogens with one attached hydrogen (secondary N) is 1. The molecule has 4 nitrogen and oxygen atoms in total. The van der Waals surface area contributed by atoms with E-state index in [-0.39, 0.29) is 5.91 Å². The number of rotatable bonds is 2. The molecule has 1 fully saturated rings. The summed E-state index contributed by atoms with van der Waals surface area (Å²) in [6, 6.07) is 0.329. The Hall–Kier alpha value is -1.32. The van der Waals surface area contributed by atoms with Crippen molar-refractivity contribution < 1.29 is 4.79 Å². The molecule has 0 bridgehead atoms. The van der Waals surface area contributed by atoms with Crippen molar-refractivity contribution in [1.29, 1.82) is 0 Å². The SMILES string of the molecule is CC(C)c1cnn([C@@H]2CCC(=O)NC2)c1. The minimum atomic E-state index is 0.155. The van der Waals surface area contributed by atoms with Crippen LogP contribution in [0.4, 0.5) is 0 Å². The Morgan fingerprint density at radius 1 is 1.60 bits per heavy atom. The van der Waals surface area contributed by atoms with Crippen molar-refractivity contribution in [3.63, 3.8) is 0 Å². The van der Waals surface area contributed by atoms with E-state index in [2.05, 4.69) is 30.5 Å². The summed E-state index contributed by atoms with van der Waals surface area (Å²) in [5, 5.41) is 7.22. The lowest BCUT2D eigenvalue weighted by molar-refractivity contribution is -0.122. The van der Waals surface area contributed by atoms with Crippen LogP contribution in [-0.2, 0) is 4.79 Å². The second kappa shape index (κ2) is 4.04. The highest BCUT2D eigenvalue weighted by atomic mass is 16.1. The molecule has 1 amide bonds. The Balaban J connectivity index is 2.06. The highest BCUT2D eigenvalue weighted by molar-refractivity contribution is 5.76. The molecule has 0 saturated carbocycles. The molecule has 82 valence electrons. The maximum Gasteiger partial charge on any atom is 0.220 e. The first-order valence-corrected chi connectivity index (χ1v) is 5.47. The smallest absolute Gasteiger partial charge is 0.220 e. The van der Waals surface area contributed by atoms with Crippen molar-refractivity contribution in [2.45, 2.75) is 38.6 Å². The average Bonchev–Trinajstić information content (AvgIpc) is 2.68. The Morgan fingerprint density at radius 3 is 2.93 bits per heavy atom. The van der Waals surface area contributed by atoms with Gasteiger partial charge in [0.1, 0.15) is 0 Å². The first-order chi connectivity index (χ1) is 7.16. The van der Waals surface area contributed by atoms with Crippen LogP contribution in [0.25, 0.3) is 0 Å². The van der Waals surface area contributed by atoms with Crippen LogP contribution in [0.2, 0.25) is 0 Å². The van der Waals surface area contributed by atoms with Gasteiger partial charge in [-0.05, 0) is 17.9 Å². The van der Waals surface area contributed by atoms with Crippen LogP contribution in [0.3, 0.4) is 0 Å². The van der Waals surface area contributed by atoms with Crippen LogP contribution in [0, 0.1) is 0 Å². The van der Waals surface area contributed by atoms with Gasteiger partial charge in [0.05, 0.1) is 12.2 Å². The van der Waals surface area contributed by atoms with Gasteiger partial charge in [-0.1, -0.05) is 13.8 Å². The summed E-state index contributed by atoms with van der Waals surface area (Å²) in [5.41, 5.74) is 1.26. The first kappa shape index (κ1) is 10.2. The van der Waals surface area contributed by atoms with Gasteiger partial charge >= 0.3 is 0 Å². The maximum absolute atomic E-state index is 11.0. The van der Waals surface area contributed by atoms with Gasteiger partial charge in [-0.3, -0.25) is 9.48 Å². The predicted molar refractivity (Wildman–Crippen MR) is 57.6 cm³/mol. The Bertz CT molecular complexity index is 346. The van der Waals surface area contributed by atoms with E-state index in [4.69, 9.17) is 0 Å². The number of hydrogen-bond donors (Lipinski definition) is 1. The Labute approximate surface area is 89.7 Å². The topological polar surface area (TPSA) is 46.9 Å². The normalized spacial score (nSPS) is 21.8. The Kier molecular flexibility index (Phi) is 2.75. The summed E-state index contributed by atoms with van der Waals surface area (Å²) in [5.74, 6) is 0.666. The van der Waals surface area contributed by atoms with E-state index in [1.807, 2.05) is 10.9 Å². The van der Waals surface area contributed by atoms with Crippen LogP contribution in [0.15, 0.2) is 12.4 Å². The lowest BCUT2D eigenvalue weighted by atomic mass is 10.1. The van der Waals surface area contributed by atoms with Crippen LogP contribution < -0.4 is 5.32 Å². The minimum Gasteiger partial charge on any atom is -0.354 e. The highest BCUT2D eigenvalue weighted by Gasteiger charge is 2.20. The van der Waals surface area contributed by atoms with Crippen LogP contribution in [0.1, 0.15) is 44.2 Å². The van der Waals surface area contributed by atoms with E-state index >= 15 is 0 Å². The number of aromatic nitrogens is 2. The summed E-state index contributed by atoms with van der Waals surface area (Å²) in [4.78, 5) is 11.0. The molecule has 1 N–H and O–H groups in total. The van der Waals surface area contributed by atoms with Crippen LogP contribution >= 0.6 is 0 Å². The summed E-state index contributed by atoms with van der Waals surface area (Å²) in [6.07, 6.45) is 5.51. The molecular weight excluding hydrogens is 190 g/mol. The second-order valence-electron chi connectivity index (χ2n) is 4.40. The molecule has 2 rings (SSSR count). The largest absolute Gasteiger partial charge is 0.354 e. The van der Waals surface area contributed by atoms with Gasteiger partial charge in [0, 0.05) is 19.2 Å². The molecule has 0 unspecified atom stereocenters. The fourth-order valence-corrected chi connectivity index (χ4v) is 1.80. The van der Waals surface area contributed by atoms with Gasteiger partial charge < -0.3 is 5.32 Å². The lowest BCUT2D eigenvalue weighted by Crippen LogP contribution is -2.36. The number of carbonyl (C=O) groups excluding carboxylic acids is 1. The van der Waals surface area contributed by atoms with Crippen LogP contribution in [-0.4, -0.2) is 22.2 Å². The summed E-state index contributed by atoms with van der Waals surface area (Å²) >= 11 is 0. The fraction of sp³-hybridized carbons (Fsp3) is 0.636. The molecule has 0 aromatic carbocycles. The third kappa shape index (κ3) is 2.19. The molecular formula is C11H17N3O. The number of amides is 1. The number of nitrogens with zero attached hydrogens (tertiary/aromatic N) is 2. The minimum absolute atomic E-state index is 0.155. The van der Waals surface area contributed by atoms with Gasteiger partial charge in [0.25, 0.3) is 0 Å². The zero-order valence-electron chi connectivity index (χ0n) is 9.23. The van der Waals surface area contributed by atoms with Gasteiger partial charge in [-0.25, -0.2) is 0 Å². The first-order valence-electron chi connectivity index (χ1n) is 5.47. The molecule has 1 saturated heterocycles. The monoisotopic (exact) mass is 207 g/mol. The molecule has 15 heavy (non-hydrogen) atoms. The molecule has 4 heteroatoms. The summed E-state index contributed by atoms with van der Waals surface area (Å²) < 4.78 is 1.98. The van der Waals surface area contributed by atoms with E-state index in [9.17, 15) is 4.79 Å². The number of piperidine rings is 1. The predicted octanol–water partition coefficient (Wildman–Crippen LogP) is 1.46. The van der Waals surface area contributed by atoms with Crippen LogP contribution in [0.5, 0.6) is 0 Å². The van der Waals surface area contributed by atoms with E-state index in [1.165, 1.54) is 5.56 Å². The molecule has 1 aromatic rings. The molecule has 1 aliphatic rings. The van der Waals surface area contributed by atoms with Gasteiger partial charge in [-0.15, -0.1) is 0 Å². The third-order valence-electron chi connectivity index (χ3n) is 2.90. The molecule has 1 atom stereocenters. The number of hydrogen-bond acceptors (Lipinski definition) is 2. The zero-order valence-corrected chi connectivity index (χ0v) is 9.23. The van der Waals surface area contributed by atoms with Crippen molar-refractivity contribution in [2.24, 2.45) is 0 Å². The van der Waals surface area contributed by atoms with Crippen molar-refractivity contribution >= 4 is 5.91 Å². The summed E-state index contributed by atoms with van der Waals surface area (Å²) in [7, 11) is 0. The van der Waals surface area contributed by atoms with E-state index < -0.39 is 0 Å². The summed E-state index contributed by atoms with van der Waals surface area (Å²) in [6.45, 7) is 5.02. The molecule has 0 aliphatic carbocycles. The molecule has 0 radical (unpaired) electrons. The van der Waals surface area contributed by atoms with Crippen molar-refractivity contribution in [1.82, 2.24) is 15.1 Å². The van der Waals surface area contributed by atoms with Crippen molar-refractivity contribution in [3.8, 4) is 0 Å². The zero-order chi connectivity index (χ0) is 10.8. The maximum atomic E-state index is 11.0. The second-order valence-corrected chi connectivity index (χ2v) is 4.40. The highest BCUT2D eigenvalue weighted by Crippen LogP contribution is 2.19. The van der Waals surface area contributed by atoms with Gasteiger partial charge in [0.2, 0.25) is 5.91 Å². The third-order valence-corrected chi connectivity index (χ3v) is 2.90. The Morgan fingerprint density at radius 2 is 2.40 bits per heavy atom. The molecule has 2 heterocycles. The quantitative estimate of drug-likeness (QED) is 0.798. The van der Waals surface area contributed by atoms with E-state index in [0.717, 1.165) is 6.42 Å². The van der Waals surface area contributed by atoms with Crippen molar-refractivity contribution in [3.05, 3.63) is 18.0 Å². The van der Waals surface area contributed by atoms with Gasteiger partial charge in [-0.2, -0.15) is 5.10 Å². The average molecular weight is 207 g/mol.